The summed E-state index contributed by atoms with van der Waals surface area (Å²) in [6, 6.07) is 7.07. The van der Waals surface area contributed by atoms with E-state index < -0.39 is 0 Å². The van der Waals surface area contributed by atoms with Crippen LogP contribution in [0.2, 0.25) is 0 Å². The molecule has 3 heterocycles. The topological polar surface area (TPSA) is 33.7 Å². The molecule has 2 saturated heterocycles. The fourth-order valence-electron chi connectivity index (χ4n) is 4.13. The lowest BCUT2D eigenvalue weighted by Crippen LogP contribution is -2.34. The molecule has 20 heavy (non-hydrogen) atoms. The molecule has 0 bridgehead atoms. The van der Waals surface area contributed by atoms with Crippen LogP contribution in [0.25, 0.3) is 0 Å². The van der Waals surface area contributed by atoms with Gasteiger partial charge in [0.05, 0.1) is 0 Å². The first-order valence-electron chi connectivity index (χ1n) is 7.68. The first-order chi connectivity index (χ1) is 9.85. The van der Waals surface area contributed by atoms with Gasteiger partial charge in [-0.2, -0.15) is 0 Å². The molecule has 0 spiro atoms. The molecule has 1 aromatic rings. The number of likely N-dealkylation sites (tertiary alicyclic amines) is 1. The van der Waals surface area contributed by atoms with Crippen LogP contribution in [0, 0.1) is 11.8 Å². The van der Waals surface area contributed by atoms with Crippen molar-refractivity contribution < 1.29 is 9.47 Å². The molecule has 1 aromatic carbocycles. The Kier molecular flexibility index (Phi) is 3.08. The number of ether oxygens (including phenoxy) is 2. The molecule has 0 amide bonds. The molecule has 3 unspecified atom stereocenters. The minimum absolute atomic E-state index is 0.357. The monoisotopic (exact) mass is 274 g/mol. The van der Waals surface area contributed by atoms with E-state index in [9.17, 15) is 0 Å². The summed E-state index contributed by atoms with van der Waals surface area (Å²) < 4.78 is 10.9. The lowest BCUT2D eigenvalue weighted by atomic mass is 9.93. The predicted octanol–water partition coefficient (Wildman–Crippen LogP) is 1.85. The van der Waals surface area contributed by atoms with Crippen LogP contribution < -0.4 is 14.8 Å². The van der Waals surface area contributed by atoms with Gasteiger partial charge >= 0.3 is 0 Å². The van der Waals surface area contributed by atoms with Crippen LogP contribution in [0.15, 0.2) is 18.2 Å². The highest BCUT2D eigenvalue weighted by atomic mass is 16.7. The molecule has 4 heteroatoms. The van der Waals surface area contributed by atoms with E-state index in [2.05, 4.69) is 29.3 Å². The molecule has 2 fully saturated rings. The number of hydrogen-bond donors (Lipinski definition) is 1. The van der Waals surface area contributed by atoms with Gasteiger partial charge in [0.1, 0.15) is 0 Å². The van der Waals surface area contributed by atoms with E-state index in [1.807, 2.05) is 6.07 Å². The molecule has 3 atom stereocenters. The molecular formula is C16H22N2O2. The number of hydrogen-bond acceptors (Lipinski definition) is 4. The number of nitrogens with zero attached hydrogens (tertiary/aromatic N) is 1. The smallest absolute Gasteiger partial charge is 0.231 e. The summed E-state index contributed by atoms with van der Waals surface area (Å²) in [5.74, 6) is 3.46. The van der Waals surface area contributed by atoms with Gasteiger partial charge in [-0.3, -0.25) is 4.90 Å². The average molecular weight is 274 g/mol. The van der Waals surface area contributed by atoms with Gasteiger partial charge in [0.2, 0.25) is 6.79 Å². The summed E-state index contributed by atoms with van der Waals surface area (Å²) in [7, 11) is 0. The zero-order valence-electron chi connectivity index (χ0n) is 12.0. The first kappa shape index (κ1) is 12.5. The van der Waals surface area contributed by atoms with Crippen LogP contribution in [0.5, 0.6) is 11.5 Å². The third-order valence-corrected chi connectivity index (χ3v) is 5.07. The third-order valence-electron chi connectivity index (χ3n) is 5.07. The fourth-order valence-corrected chi connectivity index (χ4v) is 4.13. The summed E-state index contributed by atoms with van der Waals surface area (Å²) in [5.41, 5.74) is 1.33. The first-order valence-corrected chi connectivity index (χ1v) is 7.68. The largest absolute Gasteiger partial charge is 0.454 e. The Morgan fingerprint density at radius 1 is 1.25 bits per heavy atom. The van der Waals surface area contributed by atoms with Gasteiger partial charge in [0.25, 0.3) is 0 Å². The van der Waals surface area contributed by atoms with E-state index in [0.717, 1.165) is 35.9 Å². The van der Waals surface area contributed by atoms with Crippen molar-refractivity contribution in [1.29, 1.82) is 0 Å². The van der Waals surface area contributed by atoms with Gasteiger partial charge in [-0.1, -0.05) is 13.0 Å². The molecule has 0 aromatic heterocycles. The molecule has 0 radical (unpaired) electrons. The zero-order chi connectivity index (χ0) is 13.5. The highest BCUT2D eigenvalue weighted by Gasteiger charge is 2.42. The van der Waals surface area contributed by atoms with Crippen molar-refractivity contribution in [3.05, 3.63) is 23.8 Å². The molecule has 108 valence electrons. The van der Waals surface area contributed by atoms with Gasteiger partial charge in [0, 0.05) is 19.1 Å². The maximum absolute atomic E-state index is 5.48. The summed E-state index contributed by atoms with van der Waals surface area (Å²) >= 11 is 0. The van der Waals surface area contributed by atoms with Crippen LogP contribution in [-0.4, -0.2) is 37.4 Å². The maximum Gasteiger partial charge on any atom is 0.231 e. The Hall–Kier alpha value is -1.26. The molecule has 1 N–H and O–H groups in total. The van der Waals surface area contributed by atoms with Crippen LogP contribution in [0.3, 0.4) is 0 Å². The Balaban J connectivity index is 1.51. The highest BCUT2D eigenvalue weighted by Crippen LogP contribution is 2.37. The number of fused-ring (bicyclic) bond motifs is 2. The summed E-state index contributed by atoms with van der Waals surface area (Å²) in [6.07, 6.45) is 1.24. The van der Waals surface area contributed by atoms with Crippen LogP contribution in [0.1, 0.15) is 18.9 Å². The predicted molar refractivity (Wildman–Crippen MR) is 76.9 cm³/mol. The van der Waals surface area contributed by atoms with Gasteiger partial charge in [-0.15, -0.1) is 0 Å². The fraction of sp³-hybridized carbons (Fsp3) is 0.625. The lowest BCUT2D eigenvalue weighted by molar-refractivity contribution is 0.173. The molecule has 0 aliphatic carbocycles. The van der Waals surface area contributed by atoms with Crippen molar-refractivity contribution in [3.63, 3.8) is 0 Å². The average Bonchev–Trinajstić information content (AvgIpc) is 3.12. The van der Waals surface area contributed by atoms with Crippen molar-refractivity contribution in [2.24, 2.45) is 11.8 Å². The minimum Gasteiger partial charge on any atom is -0.454 e. The van der Waals surface area contributed by atoms with Crippen molar-refractivity contribution in [1.82, 2.24) is 10.2 Å². The quantitative estimate of drug-likeness (QED) is 0.912. The normalized spacial score (nSPS) is 31.8. The van der Waals surface area contributed by atoms with Gasteiger partial charge in [-0.05, 0) is 49.0 Å². The van der Waals surface area contributed by atoms with Gasteiger partial charge < -0.3 is 14.8 Å². The van der Waals surface area contributed by atoms with Crippen LogP contribution >= 0.6 is 0 Å². The van der Waals surface area contributed by atoms with Crippen molar-refractivity contribution in [3.8, 4) is 11.5 Å². The summed E-state index contributed by atoms with van der Waals surface area (Å²) in [5, 5.41) is 3.54. The molecule has 4 rings (SSSR count). The van der Waals surface area contributed by atoms with Crippen LogP contribution in [0.4, 0.5) is 0 Å². The van der Waals surface area contributed by atoms with E-state index in [-0.39, 0.29) is 0 Å². The standard InChI is InChI=1S/C16H22N2O2/c1-2-14-13-7-17-6-12(13)9-18(14)8-11-3-4-15-16(5-11)20-10-19-15/h3-5,12-14,17H,2,6-10H2,1H3. The Morgan fingerprint density at radius 3 is 3.05 bits per heavy atom. The van der Waals surface area contributed by atoms with E-state index in [1.54, 1.807) is 0 Å². The summed E-state index contributed by atoms with van der Waals surface area (Å²) in [6.45, 7) is 7.32. The number of nitrogens with one attached hydrogen (secondary N) is 1. The van der Waals surface area contributed by atoms with Gasteiger partial charge in [0.15, 0.2) is 11.5 Å². The summed E-state index contributed by atoms with van der Waals surface area (Å²) in [4.78, 5) is 2.66. The maximum atomic E-state index is 5.48. The van der Waals surface area contributed by atoms with Gasteiger partial charge in [-0.25, -0.2) is 0 Å². The van der Waals surface area contributed by atoms with Crippen molar-refractivity contribution >= 4 is 0 Å². The number of benzene rings is 1. The Labute approximate surface area is 120 Å². The Bertz CT molecular complexity index is 505. The number of rotatable bonds is 3. The second-order valence-electron chi connectivity index (χ2n) is 6.17. The van der Waals surface area contributed by atoms with E-state index in [0.29, 0.717) is 6.79 Å². The second kappa shape index (κ2) is 4.93. The van der Waals surface area contributed by atoms with E-state index in [1.165, 1.54) is 31.6 Å². The van der Waals surface area contributed by atoms with Crippen molar-refractivity contribution in [2.45, 2.75) is 25.9 Å². The highest BCUT2D eigenvalue weighted by molar-refractivity contribution is 5.44. The molecule has 3 aliphatic heterocycles. The SMILES string of the molecule is CCC1C2CNCC2CN1Cc1ccc2c(c1)OCO2. The van der Waals surface area contributed by atoms with Crippen molar-refractivity contribution in [2.75, 3.05) is 26.4 Å². The molecule has 4 nitrogen and oxygen atoms in total. The third kappa shape index (κ3) is 1.98. The molecular weight excluding hydrogens is 252 g/mol. The Morgan fingerprint density at radius 2 is 2.15 bits per heavy atom. The molecule has 0 saturated carbocycles. The zero-order valence-corrected chi connectivity index (χ0v) is 12.0. The minimum atomic E-state index is 0.357. The molecule has 3 aliphatic rings. The lowest BCUT2D eigenvalue weighted by Gasteiger charge is -2.26. The van der Waals surface area contributed by atoms with Crippen LogP contribution in [-0.2, 0) is 6.54 Å². The van der Waals surface area contributed by atoms with E-state index >= 15 is 0 Å². The second-order valence-corrected chi connectivity index (χ2v) is 6.17. The van der Waals surface area contributed by atoms with E-state index in [4.69, 9.17) is 9.47 Å².